The van der Waals surface area contributed by atoms with Gasteiger partial charge in [-0.15, -0.1) is 0 Å². The smallest absolute Gasteiger partial charge is 0.259 e. The minimum Gasteiger partial charge on any atom is -0.334 e. The van der Waals surface area contributed by atoms with Crippen LogP contribution in [0.3, 0.4) is 0 Å². The highest BCUT2D eigenvalue weighted by Crippen LogP contribution is 2.39. The van der Waals surface area contributed by atoms with Crippen LogP contribution in [0.2, 0.25) is 5.02 Å². The molecule has 1 aromatic carbocycles. The molecule has 1 atom stereocenters. The number of aromatic nitrogens is 2. The Bertz CT molecular complexity index is 582. The minimum absolute atomic E-state index is 0.125. The first-order valence-corrected chi connectivity index (χ1v) is 6.87. The monoisotopic (exact) mass is 327 g/mol. The zero-order valence-electron chi connectivity index (χ0n) is 9.44. The number of nitrogens with two attached hydrogens (primary N) is 1. The molecule has 0 amide bonds. The van der Waals surface area contributed by atoms with Crippen molar-refractivity contribution in [3.05, 3.63) is 33.5 Å². The molecule has 0 saturated heterocycles. The van der Waals surface area contributed by atoms with E-state index in [0.717, 1.165) is 22.9 Å². The van der Waals surface area contributed by atoms with Crippen LogP contribution in [0.15, 0.2) is 27.2 Å². The third-order valence-corrected chi connectivity index (χ3v) is 3.96. The highest BCUT2D eigenvalue weighted by molar-refractivity contribution is 9.10. The molecule has 1 unspecified atom stereocenters. The van der Waals surface area contributed by atoms with E-state index in [0.29, 0.717) is 22.7 Å². The van der Waals surface area contributed by atoms with Gasteiger partial charge in [-0.05, 0) is 52.9 Å². The van der Waals surface area contributed by atoms with Gasteiger partial charge in [0.15, 0.2) is 5.82 Å². The zero-order chi connectivity index (χ0) is 12.7. The van der Waals surface area contributed by atoms with Gasteiger partial charge in [0.25, 0.3) is 5.89 Å². The predicted molar refractivity (Wildman–Crippen MR) is 72.1 cm³/mol. The first kappa shape index (κ1) is 12.1. The van der Waals surface area contributed by atoms with E-state index in [1.54, 1.807) is 12.1 Å². The van der Waals surface area contributed by atoms with Crippen molar-refractivity contribution in [3.8, 4) is 11.5 Å². The van der Waals surface area contributed by atoms with Gasteiger partial charge in [0.2, 0.25) is 0 Å². The molecule has 2 N–H and O–H groups in total. The molecule has 1 aromatic heterocycles. The summed E-state index contributed by atoms with van der Waals surface area (Å²) >= 11 is 9.40. The van der Waals surface area contributed by atoms with Crippen LogP contribution < -0.4 is 5.73 Å². The fourth-order valence-electron chi connectivity index (χ4n) is 1.81. The molecule has 0 aliphatic heterocycles. The average Bonchev–Trinajstić information content (AvgIpc) is 3.09. The molecule has 1 fully saturated rings. The van der Waals surface area contributed by atoms with E-state index in [1.807, 2.05) is 6.07 Å². The molecular weight excluding hydrogens is 318 g/mol. The van der Waals surface area contributed by atoms with Crippen molar-refractivity contribution in [1.29, 1.82) is 0 Å². The Morgan fingerprint density at radius 3 is 2.94 bits per heavy atom. The van der Waals surface area contributed by atoms with Crippen molar-refractivity contribution in [1.82, 2.24) is 10.1 Å². The molecule has 18 heavy (non-hydrogen) atoms. The van der Waals surface area contributed by atoms with Crippen LogP contribution in [0.1, 0.15) is 24.7 Å². The number of halogens is 2. The molecule has 0 radical (unpaired) electrons. The molecule has 1 aliphatic carbocycles. The first-order chi connectivity index (χ1) is 8.65. The average molecular weight is 329 g/mol. The van der Waals surface area contributed by atoms with Crippen molar-refractivity contribution >= 4 is 27.5 Å². The molecule has 94 valence electrons. The molecule has 1 heterocycles. The second kappa shape index (κ2) is 4.64. The van der Waals surface area contributed by atoms with Gasteiger partial charge >= 0.3 is 0 Å². The quantitative estimate of drug-likeness (QED) is 0.935. The predicted octanol–water partition coefficient (Wildman–Crippen LogP) is 3.56. The lowest BCUT2D eigenvalue weighted by Gasteiger charge is -2.02. The summed E-state index contributed by atoms with van der Waals surface area (Å²) in [7, 11) is 0. The van der Waals surface area contributed by atoms with Gasteiger partial charge in [0.1, 0.15) is 0 Å². The van der Waals surface area contributed by atoms with Crippen molar-refractivity contribution in [2.75, 3.05) is 0 Å². The molecule has 4 nitrogen and oxygen atoms in total. The summed E-state index contributed by atoms with van der Waals surface area (Å²) in [6, 6.07) is 5.30. The lowest BCUT2D eigenvalue weighted by atomic mass is 10.2. The van der Waals surface area contributed by atoms with Crippen LogP contribution in [0, 0.1) is 5.92 Å². The normalized spacial score (nSPS) is 16.8. The Balaban J connectivity index is 1.94. The molecule has 1 aliphatic rings. The molecular formula is C12H11BrClN3O. The Morgan fingerprint density at radius 1 is 1.44 bits per heavy atom. The van der Waals surface area contributed by atoms with Crippen molar-refractivity contribution < 1.29 is 4.52 Å². The lowest BCUT2D eigenvalue weighted by Crippen LogP contribution is -2.13. The highest BCUT2D eigenvalue weighted by Gasteiger charge is 2.32. The summed E-state index contributed by atoms with van der Waals surface area (Å²) < 4.78 is 6.12. The molecule has 3 rings (SSSR count). The molecule has 6 heteroatoms. The standard InChI is InChI=1S/C12H11BrClN3O/c13-9-4-3-7(14)5-8(9)12-16-11(17-18-12)10(15)6-1-2-6/h3-6,10H,1-2,15H2. The Hall–Kier alpha value is -0.910. The topological polar surface area (TPSA) is 64.9 Å². The van der Waals surface area contributed by atoms with Crippen LogP contribution in [0.25, 0.3) is 11.5 Å². The first-order valence-electron chi connectivity index (χ1n) is 5.70. The van der Waals surface area contributed by atoms with E-state index >= 15 is 0 Å². The van der Waals surface area contributed by atoms with Gasteiger partial charge in [0.05, 0.1) is 11.6 Å². The second-order valence-electron chi connectivity index (χ2n) is 4.45. The van der Waals surface area contributed by atoms with Crippen LogP contribution >= 0.6 is 27.5 Å². The SMILES string of the molecule is NC(c1noc(-c2cc(Cl)ccc2Br)n1)C1CC1. The van der Waals surface area contributed by atoms with Gasteiger partial charge in [-0.2, -0.15) is 4.98 Å². The van der Waals surface area contributed by atoms with Crippen LogP contribution in [0.4, 0.5) is 0 Å². The summed E-state index contributed by atoms with van der Waals surface area (Å²) in [5, 5.41) is 4.57. The van der Waals surface area contributed by atoms with E-state index in [4.69, 9.17) is 21.9 Å². The van der Waals surface area contributed by atoms with Crippen LogP contribution in [-0.2, 0) is 0 Å². The maximum absolute atomic E-state index is 6.04. The van der Waals surface area contributed by atoms with E-state index in [9.17, 15) is 0 Å². The number of hydrogen-bond acceptors (Lipinski definition) is 4. The third-order valence-electron chi connectivity index (χ3n) is 3.03. The highest BCUT2D eigenvalue weighted by atomic mass is 79.9. The van der Waals surface area contributed by atoms with E-state index < -0.39 is 0 Å². The Morgan fingerprint density at radius 2 is 2.22 bits per heavy atom. The number of rotatable bonds is 3. The van der Waals surface area contributed by atoms with Gasteiger partial charge in [-0.1, -0.05) is 16.8 Å². The summed E-state index contributed by atoms with van der Waals surface area (Å²) in [5.41, 5.74) is 6.82. The number of nitrogens with zero attached hydrogens (tertiary/aromatic N) is 2. The second-order valence-corrected chi connectivity index (χ2v) is 5.74. The van der Waals surface area contributed by atoms with Crippen molar-refractivity contribution in [3.63, 3.8) is 0 Å². The maximum atomic E-state index is 6.04. The van der Waals surface area contributed by atoms with Gasteiger partial charge in [-0.25, -0.2) is 0 Å². The summed E-state index contributed by atoms with van der Waals surface area (Å²) in [4.78, 5) is 4.35. The van der Waals surface area contributed by atoms with Crippen LogP contribution in [0.5, 0.6) is 0 Å². The fraction of sp³-hybridized carbons (Fsp3) is 0.333. The fourth-order valence-corrected chi connectivity index (χ4v) is 2.40. The molecule has 2 aromatic rings. The van der Waals surface area contributed by atoms with Gasteiger partial charge < -0.3 is 10.3 Å². The summed E-state index contributed by atoms with van der Waals surface area (Å²) in [6.45, 7) is 0. The minimum atomic E-state index is -0.125. The van der Waals surface area contributed by atoms with Gasteiger partial charge in [0, 0.05) is 9.50 Å². The Labute approximate surface area is 118 Å². The van der Waals surface area contributed by atoms with Gasteiger partial charge in [-0.3, -0.25) is 0 Å². The lowest BCUT2D eigenvalue weighted by molar-refractivity contribution is 0.411. The largest absolute Gasteiger partial charge is 0.334 e. The molecule has 0 spiro atoms. The van der Waals surface area contributed by atoms with E-state index in [1.165, 1.54) is 0 Å². The summed E-state index contributed by atoms with van der Waals surface area (Å²) in [6.07, 6.45) is 2.29. The van der Waals surface area contributed by atoms with Crippen molar-refractivity contribution in [2.45, 2.75) is 18.9 Å². The van der Waals surface area contributed by atoms with Crippen LogP contribution in [-0.4, -0.2) is 10.1 Å². The maximum Gasteiger partial charge on any atom is 0.259 e. The third kappa shape index (κ3) is 2.30. The molecule has 1 saturated carbocycles. The molecule has 0 bridgehead atoms. The van der Waals surface area contributed by atoms with E-state index in [-0.39, 0.29) is 6.04 Å². The van der Waals surface area contributed by atoms with Crippen molar-refractivity contribution in [2.24, 2.45) is 11.7 Å². The number of hydrogen-bond donors (Lipinski definition) is 1. The Kier molecular flexibility index (Phi) is 3.13. The van der Waals surface area contributed by atoms with E-state index in [2.05, 4.69) is 26.1 Å². The zero-order valence-corrected chi connectivity index (χ0v) is 11.8. The summed E-state index contributed by atoms with van der Waals surface area (Å²) in [5.74, 6) is 1.51. The number of benzene rings is 1.